The molecule has 0 saturated heterocycles. The molecule has 0 spiro atoms. The molecule has 1 atom stereocenters. The molecule has 6 nitrogen and oxygen atoms in total. The van der Waals surface area contributed by atoms with E-state index in [-0.39, 0.29) is 37.5 Å². The number of carbonyl (C=O) groups is 3. The van der Waals surface area contributed by atoms with Gasteiger partial charge in [0, 0.05) is 19.3 Å². The van der Waals surface area contributed by atoms with Gasteiger partial charge in [0.05, 0.1) is 0 Å². The van der Waals surface area contributed by atoms with E-state index in [1.54, 1.807) is 0 Å². The molecular weight excluding hydrogens is 865 g/mol. The van der Waals surface area contributed by atoms with Crippen LogP contribution in [0.5, 0.6) is 0 Å². The Balaban J connectivity index is 4.31. The highest BCUT2D eigenvalue weighted by Gasteiger charge is 2.19. The van der Waals surface area contributed by atoms with Gasteiger partial charge in [0.15, 0.2) is 6.10 Å². The first-order valence-electron chi connectivity index (χ1n) is 27.8. The fraction of sp³-hybridized carbons (Fsp3) is 0.578. The first kappa shape index (κ1) is 65.3. The molecule has 0 N–H and O–H groups in total. The molecule has 1 unspecified atom stereocenters. The predicted octanol–water partition coefficient (Wildman–Crippen LogP) is 18.8. The van der Waals surface area contributed by atoms with E-state index in [4.69, 9.17) is 14.2 Å². The van der Waals surface area contributed by atoms with Crippen LogP contribution in [0.3, 0.4) is 0 Å². The molecule has 0 aliphatic carbocycles. The summed E-state index contributed by atoms with van der Waals surface area (Å²) in [5, 5.41) is 0. The van der Waals surface area contributed by atoms with Crippen molar-refractivity contribution in [2.45, 2.75) is 226 Å². The molecule has 0 radical (unpaired) electrons. The van der Waals surface area contributed by atoms with Crippen molar-refractivity contribution in [2.24, 2.45) is 0 Å². The molecule has 0 bridgehead atoms. The highest BCUT2D eigenvalue weighted by Crippen LogP contribution is 2.13. The molecule has 0 saturated carbocycles. The van der Waals surface area contributed by atoms with Crippen molar-refractivity contribution in [3.8, 4) is 0 Å². The molecule has 392 valence electrons. The number of ether oxygens (including phenoxy) is 3. The lowest BCUT2D eigenvalue weighted by Gasteiger charge is -2.18. The van der Waals surface area contributed by atoms with Crippen LogP contribution in [-0.4, -0.2) is 37.2 Å². The summed E-state index contributed by atoms with van der Waals surface area (Å²) >= 11 is 0. The third-order valence-electron chi connectivity index (χ3n) is 11.1. The van der Waals surface area contributed by atoms with Gasteiger partial charge >= 0.3 is 17.9 Å². The van der Waals surface area contributed by atoms with E-state index in [2.05, 4.69) is 167 Å². The van der Waals surface area contributed by atoms with Crippen molar-refractivity contribution in [3.63, 3.8) is 0 Å². The minimum absolute atomic E-state index is 0.105. The van der Waals surface area contributed by atoms with Gasteiger partial charge in [0.1, 0.15) is 13.2 Å². The van der Waals surface area contributed by atoms with Crippen molar-refractivity contribution in [3.05, 3.63) is 146 Å². The van der Waals surface area contributed by atoms with Gasteiger partial charge in [-0.05, 0) is 116 Å². The molecule has 0 aromatic rings. The van der Waals surface area contributed by atoms with Crippen molar-refractivity contribution in [2.75, 3.05) is 13.2 Å². The Morgan fingerprint density at radius 2 is 0.571 bits per heavy atom. The van der Waals surface area contributed by atoms with Crippen molar-refractivity contribution in [1.82, 2.24) is 0 Å². The van der Waals surface area contributed by atoms with Gasteiger partial charge in [0.25, 0.3) is 0 Å². The topological polar surface area (TPSA) is 78.9 Å². The average Bonchev–Trinajstić information content (AvgIpc) is 3.36. The molecule has 6 heteroatoms. The van der Waals surface area contributed by atoms with Gasteiger partial charge in [-0.2, -0.15) is 0 Å². The Bertz CT molecular complexity index is 1580. The van der Waals surface area contributed by atoms with Crippen LogP contribution in [0.2, 0.25) is 0 Å². The summed E-state index contributed by atoms with van der Waals surface area (Å²) in [5.74, 6) is -0.997. The quantitative estimate of drug-likeness (QED) is 0.0262. The van der Waals surface area contributed by atoms with E-state index >= 15 is 0 Å². The van der Waals surface area contributed by atoms with E-state index in [9.17, 15) is 14.4 Å². The van der Waals surface area contributed by atoms with Crippen LogP contribution in [-0.2, 0) is 28.6 Å². The second-order valence-corrected chi connectivity index (χ2v) is 17.7. The highest BCUT2D eigenvalue weighted by molar-refractivity contribution is 5.71. The first-order chi connectivity index (χ1) is 34.5. The fourth-order valence-electron chi connectivity index (χ4n) is 6.99. The van der Waals surface area contributed by atoms with Crippen LogP contribution < -0.4 is 0 Å². The molecule has 0 heterocycles. The Hall–Kier alpha value is -4.71. The van der Waals surface area contributed by atoms with E-state index in [0.29, 0.717) is 19.3 Å². The maximum absolute atomic E-state index is 12.8. The zero-order chi connectivity index (χ0) is 50.7. The summed E-state index contributed by atoms with van der Waals surface area (Å²) in [6, 6.07) is 0. The molecular formula is C64H100O6. The van der Waals surface area contributed by atoms with Crippen molar-refractivity contribution >= 4 is 17.9 Å². The Morgan fingerprint density at radius 3 is 0.929 bits per heavy atom. The maximum atomic E-state index is 12.8. The van der Waals surface area contributed by atoms with Gasteiger partial charge < -0.3 is 14.2 Å². The average molecular weight is 965 g/mol. The van der Waals surface area contributed by atoms with Crippen LogP contribution in [0.15, 0.2) is 146 Å². The molecule has 0 rings (SSSR count). The number of carbonyl (C=O) groups excluding carboxylic acids is 3. The van der Waals surface area contributed by atoms with Gasteiger partial charge in [-0.15, -0.1) is 0 Å². The number of esters is 3. The molecule has 0 aromatic carbocycles. The second kappa shape index (κ2) is 56.9. The SMILES string of the molecule is CC/C=C\C/C=C\C/C=C\C/C=C\C/C=C\C/C=C\C/C=C\C/C=C\C/C=C\CCCC(=O)OCC(COC(=O)CCCCCCCC)OC(=O)CCCCCCCCC/C=C\C/C=C\C/C=C\CC. The van der Waals surface area contributed by atoms with Crippen LogP contribution in [0.4, 0.5) is 0 Å². The standard InChI is InChI=1S/C64H100O6/c1-4-7-10-13-16-18-20-22-24-26-27-28-29-30-31-32-33-34-35-36-37-39-40-42-44-46-48-51-54-57-63(66)69-60-61(59-68-62(65)56-53-50-15-12-9-6-3)70-64(67)58-55-52-49-47-45-43-41-38-25-23-21-19-17-14-11-8-5-2/h7-8,10-11,16-19,22-25,27-28,30-31,33-34,36-37,40,42,46,48,61H,4-6,9,12-15,20-21,26,29,32,35,38-39,41,43-45,47,49-60H2,1-3H3/b10-7-,11-8-,18-16-,19-17-,24-22-,25-23-,28-27-,31-30-,34-33-,37-36-,42-40-,48-46-. The summed E-state index contributed by atoms with van der Waals surface area (Å²) < 4.78 is 16.7. The summed E-state index contributed by atoms with van der Waals surface area (Å²) in [5.41, 5.74) is 0. The molecule has 0 aliphatic rings. The molecule has 0 amide bonds. The maximum Gasteiger partial charge on any atom is 0.306 e. The van der Waals surface area contributed by atoms with Gasteiger partial charge in [-0.25, -0.2) is 0 Å². The zero-order valence-electron chi connectivity index (χ0n) is 44.7. The Kier molecular flexibility index (Phi) is 53.0. The zero-order valence-corrected chi connectivity index (χ0v) is 44.7. The van der Waals surface area contributed by atoms with Crippen molar-refractivity contribution in [1.29, 1.82) is 0 Å². The Morgan fingerprint density at radius 1 is 0.300 bits per heavy atom. The number of unbranched alkanes of at least 4 members (excludes halogenated alkanes) is 13. The summed E-state index contributed by atoms with van der Waals surface area (Å²) in [4.78, 5) is 37.8. The minimum atomic E-state index is -0.809. The molecule has 0 aliphatic heterocycles. The second-order valence-electron chi connectivity index (χ2n) is 17.7. The number of rotatable bonds is 48. The monoisotopic (exact) mass is 965 g/mol. The van der Waals surface area contributed by atoms with E-state index in [1.807, 2.05) is 0 Å². The first-order valence-corrected chi connectivity index (χ1v) is 27.8. The van der Waals surface area contributed by atoms with Gasteiger partial charge in [0.2, 0.25) is 0 Å². The Labute approximate surface area is 429 Å². The minimum Gasteiger partial charge on any atom is -0.462 e. The highest BCUT2D eigenvalue weighted by atomic mass is 16.6. The van der Waals surface area contributed by atoms with Crippen molar-refractivity contribution < 1.29 is 28.6 Å². The van der Waals surface area contributed by atoms with Crippen LogP contribution >= 0.6 is 0 Å². The van der Waals surface area contributed by atoms with Gasteiger partial charge in [-0.3, -0.25) is 14.4 Å². The lowest BCUT2D eigenvalue weighted by atomic mass is 10.1. The van der Waals surface area contributed by atoms with E-state index < -0.39 is 6.10 Å². The lowest BCUT2D eigenvalue weighted by molar-refractivity contribution is -0.167. The third kappa shape index (κ3) is 54.2. The smallest absolute Gasteiger partial charge is 0.306 e. The summed E-state index contributed by atoms with van der Waals surface area (Å²) in [7, 11) is 0. The molecule has 70 heavy (non-hydrogen) atoms. The number of allylic oxidation sites excluding steroid dienone is 24. The van der Waals surface area contributed by atoms with E-state index in [0.717, 1.165) is 135 Å². The number of hydrogen-bond acceptors (Lipinski definition) is 6. The van der Waals surface area contributed by atoms with Gasteiger partial charge in [-0.1, -0.05) is 231 Å². The normalized spacial score (nSPS) is 13.2. The van der Waals surface area contributed by atoms with Crippen LogP contribution in [0.25, 0.3) is 0 Å². The lowest BCUT2D eigenvalue weighted by Crippen LogP contribution is -2.30. The van der Waals surface area contributed by atoms with Crippen LogP contribution in [0, 0.1) is 0 Å². The summed E-state index contributed by atoms with van der Waals surface area (Å²) in [6.07, 6.45) is 81.6. The fourth-order valence-corrected chi connectivity index (χ4v) is 6.99. The predicted molar refractivity (Wildman–Crippen MR) is 302 cm³/mol. The molecule has 0 aromatic heterocycles. The molecule has 0 fully saturated rings. The number of hydrogen-bond donors (Lipinski definition) is 0. The summed E-state index contributed by atoms with van der Waals surface area (Å²) in [6.45, 7) is 6.27. The van der Waals surface area contributed by atoms with Crippen LogP contribution in [0.1, 0.15) is 220 Å². The van der Waals surface area contributed by atoms with E-state index in [1.165, 1.54) is 38.5 Å². The largest absolute Gasteiger partial charge is 0.462 e. The third-order valence-corrected chi connectivity index (χ3v) is 11.1.